The minimum Gasteiger partial charge on any atom is -0.380 e. The van der Waals surface area contributed by atoms with E-state index < -0.39 is 10.2 Å². The van der Waals surface area contributed by atoms with Gasteiger partial charge in [0.05, 0.1) is 6.10 Å². The lowest BCUT2D eigenvalue weighted by molar-refractivity contribution is 0.115. The van der Waals surface area contributed by atoms with Crippen LogP contribution in [0, 0.1) is 0 Å². The molecule has 0 bridgehead atoms. The maximum absolute atomic E-state index is 12.0. The van der Waals surface area contributed by atoms with Crippen molar-refractivity contribution in [3.8, 4) is 0 Å². The molecule has 6 nitrogen and oxygen atoms in total. The fourth-order valence-electron chi connectivity index (χ4n) is 1.62. The van der Waals surface area contributed by atoms with Crippen LogP contribution in [0.2, 0.25) is 0 Å². The smallest absolute Gasteiger partial charge is 0.308 e. The van der Waals surface area contributed by atoms with E-state index in [0.29, 0.717) is 13.1 Å². The zero-order valence-corrected chi connectivity index (χ0v) is 9.22. The fraction of sp³-hybridized carbons (Fsp3) is 0.625. The lowest BCUT2D eigenvalue weighted by Gasteiger charge is -2.16. The minimum atomic E-state index is -3.43. The zero-order valence-electron chi connectivity index (χ0n) is 8.41. The molecule has 2 heterocycles. The molecule has 1 aliphatic heterocycles. The molecule has 0 radical (unpaired) electrons. The molecule has 84 valence electrons. The molecule has 1 saturated heterocycles. The fourth-order valence-corrected chi connectivity index (χ4v) is 2.96. The summed E-state index contributed by atoms with van der Waals surface area (Å²) in [6.45, 7) is 0.913. The monoisotopic (exact) mass is 231 g/mol. The highest BCUT2D eigenvalue weighted by Gasteiger charge is 2.32. The summed E-state index contributed by atoms with van der Waals surface area (Å²) in [6.07, 6.45) is 4.90. The van der Waals surface area contributed by atoms with Gasteiger partial charge in [0.15, 0.2) is 0 Å². The number of hydrogen-bond donors (Lipinski definition) is 0. The summed E-state index contributed by atoms with van der Waals surface area (Å²) in [5.74, 6) is 0. The van der Waals surface area contributed by atoms with Crippen molar-refractivity contribution >= 4 is 10.2 Å². The number of aromatic nitrogens is 2. The van der Waals surface area contributed by atoms with E-state index in [1.807, 2.05) is 0 Å². The Kier molecular flexibility index (Phi) is 2.76. The molecule has 0 aliphatic carbocycles. The minimum absolute atomic E-state index is 0.00305. The highest BCUT2D eigenvalue weighted by atomic mass is 32.2. The molecule has 0 amide bonds. The molecule has 0 aromatic carbocycles. The number of ether oxygens (including phenoxy) is 1. The summed E-state index contributed by atoms with van der Waals surface area (Å²) in [6, 6.07) is 0. The Bertz CT molecular complexity index is 414. The van der Waals surface area contributed by atoms with Crippen molar-refractivity contribution in [2.45, 2.75) is 12.5 Å². The standard InChI is InChI=1S/C8H13N3O3S/c1-14-8-2-4-10(6-8)15(12,13)11-5-3-9-7-11/h3,5,7-8H,2,4,6H2,1H3/t8-/m1/s1. The second-order valence-corrected chi connectivity index (χ2v) is 5.24. The Morgan fingerprint density at radius 2 is 2.33 bits per heavy atom. The quantitative estimate of drug-likeness (QED) is 0.716. The van der Waals surface area contributed by atoms with Crippen LogP contribution in [0.15, 0.2) is 18.7 Å². The Labute approximate surface area is 88.7 Å². The summed E-state index contributed by atoms with van der Waals surface area (Å²) in [5.41, 5.74) is 0. The first-order valence-electron chi connectivity index (χ1n) is 4.66. The van der Waals surface area contributed by atoms with Gasteiger partial charge in [0.1, 0.15) is 6.33 Å². The Morgan fingerprint density at radius 1 is 1.53 bits per heavy atom. The van der Waals surface area contributed by atoms with Crippen molar-refractivity contribution in [2.24, 2.45) is 0 Å². The molecule has 1 aromatic heterocycles. The predicted octanol–water partition coefficient (Wildman–Crippen LogP) is -0.303. The third kappa shape index (κ3) is 1.90. The Hall–Kier alpha value is -0.920. The molecule has 0 spiro atoms. The molecule has 0 N–H and O–H groups in total. The molecule has 1 aromatic rings. The van der Waals surface area contributed by atoms with E-state index in [-0.39, 0.29) is 6.10 Å². The van der Waals surface area contributed by atoms with Gasteiger partial charge in [-0.05, 0) is 6.42 Å². The summed E-state index contributed by atoms with van der Waals surface area (Å²) in [5, 5.41) is 0. The predicted molar refractivity (Wildman–Crippen MR) is 53.5 cm³/mol. The van der Waals surface area contributed by atoms with E-state index >= 15 is 0 Å². The first-order valence-corrected chi connectivity index (χ1v) is 6.05. The molecule has 1 aliphatic rings. The van der Waals surface area contributed by atoms with Crippen molar-refractivity contribution in [3.63, 3.8) is 0 Å². The zero-order chi connectivity index (χ0) is 10.9. The van der Waals surface area contributed by atoms with Crippen molar-refractivity contribution in [2.75, 3.05) is 20.2 Å². The first kappa shape index (κ1) is 10.6. The molecule has 0 unspecified atom stereocenters. The van der Waals surface area contributed by atoms with Crippen LogP contribution in [0.4, 0.5) is 0 Å². The third-order valence-corrected chi connectivity index (χ3v) is 4.25. The van der Waals surface area contributed by atoms with Crippen molar-refractivity contribution < 1.29 is 13.2 Å². The van der Waals surface area contributed by atoms with Crippen LogP contribution in [0.25, 0.3) is 0 Å². The lowest BCUT2D eigenvalue weighted by Crippen LogP contribution is -2.34. The molecule has 2 rings (SSSR count). The number of imidazole rings is 1. The molecule has 15 heavy (non-hydrogen) atoms. The van der Waals surface area contributed by atoms with E-state index in [1.54, 1.807) is 7.11 Å². The molecular formula is C8H13N3O3S. The van der Waals surface area contributed by atoms with Gasteiger partial charge in [-0.15, -0.1) is 0 Å². The maximum Gasteiger partial charge on any atom is 0.308 e. The van der Waals surface area contributed by atoms with Crippen LogP contribution in [-0.4, -0.2) is 48.0 Å². The van der Waals surface area contributed by atoms with Gasteiger partial charge in [-0.1, -0.05) is 0 Å². The number of rotatable bonds is 3. The molecule has 1 atom stereocenters. The Morgan fingerprint density at radius 3 is 2.87 bits per heavy atom. The highest BCUT2D eigenvalue weighted by Crippen LogP contribution is 2.16. The van der Waals surface area contributed by atoms with Crippen LogP contribution in [0.5, 0.6) is 0 Å². The van der Waals surface area contributed by atoms with Crippen LogP contribution < -0.4 is 0 Å². The number of methoxy groups -OCH3 is 1. The number of hydrogen-bond acceptors (Lipinski definition) is 4. The van der Waals surface area contributed by atoms with Crippen LogP contribution in [-0.2, 0) is 14.9 Å². The van der Waals surface area contributed by atoms with E-state index in [2.05, 4.69) is 4.98 Å². The summed E-state index contributed by atoms with van der Waals surface area (Å²) < 4.78 is 31.5. The highest BCUT2D eigenvalue weighted by molar-refractivity contribution is 7.87. The second-order valence-electron chi connectivity index (χ2n) is 3.40. The number of nitrogens with zero attached hydrogens (tertiary/aromatic N) is 3. The summed E-state index contributed by atoms with van der Waals surface area (Å²) in [7, 11) is -1.84. The first-order chi connectivity index (χ1) is 7.14. The largest absolute Gasteiger partial charge is 0.380 e. The lowest BCUT2D eigenvalue weighted by atomic mass is 10.3. The Balaban J connectivity index is 2.18. The average molecular weight is 231 g/mol. The van der Waals surface area contributed by atoms with E-state index in [1.165, 1.54) is 23.0 Å². The second kappa shape index (κ2) is 3.92. The SMILES string of the molecule is CO[C@@H]1CCN(S(=O)(=O)n2ccnc2)C1. The molecular weight excluding hydrogens is 218 g/mol. The van der Waals surface area contributed by atoms with Gasteiger partial charge in [0.2, 0.25) is 0 Å². The van der Waals surface area contributed by atoms with Crippen LogP contribution in [0.3, 0.4) is 0 Å². The summed E-state index contributed by atoms with van der Waals surface area (Å²) >= 11 is 0. The van der Waals surface area contributed by atoms with E-state index in [9.17, 15) is 8.42 Å². The topological polar surface area (TPSA) is 64.4 Å². The van der Waals surface area contributed by atoms with Crippen LogP contribution in [0.1, 0.15) is 6.42 Å². The maximum atomic E-state index is 12.0. The molecule has 0 saturated carbocycles. The van der Waals surface area contributed by atoms with Crippen molar-refractivity contribution in [1.82, 2.24) is 13.3 Å². The van der Waals surface area contributed by atoms with Crippen LogP contribution >= 0.6 is 0 Å². The summed E-state index contributed by atoms with van der Waals surface area (Å²) in [4.78, 5) is 3.72. The normalized spacial score (nSPS) is 23.4. The van der Waals surface area contributed by atoms with Crippen molar-refractivity contribution in [3.05, 3.63) is 18.7 Å². The van der Waals surface area contributed by atoms with Gasteiger partial charge in [-0.3, -0.25) is 0 Å². The van der Waals surface area contributed by atoms with Gasteiger partial charge in [-0.25, -0.2) is 8.96 Å². The molecule has 1 fully saturated rings. The third-order valence-electron chi connectivity index (χ3n) is 2.51. The van der Waals surface area contributed by atoms with Crippen molar-refractivity contribution in [1.29, 1.82) is 0 Å². The average Bonchev–Trinajstić information content (AvgIpc) is 2.89. The van der Waals surface area contributed by atoms with Gasteiger partial charge in [0, 0.05) is 32.6 Å². The van der Waals surface area contributed by atoms with Gasteiger partial charge >= 0.3 is 10.2 Å². The van der Waals surface area contributed by atoms with Gasteiger partial charge < -0.3 is 4.74 Å². The van der Waals surface area contributed by atoms with Gasteiger partial charge in [0.25, 0.3) is 0 Å². The molecule has 7 heteroatoms. The van der Waals surface area contributed by atoms with E-state index in [0.717, 1.165) is 10.4 Å². The van der Waals surface area contributed by atoms with Gasteiger partial charge in [-0.2, -0.15) is 12.7 Å². The van der Waals surface area contributed by atoms with E-state index in [4.69, 9.17) is 4.74 Å².